The zero-order valence-corrected chi connectivity index (χ0v) is 14.1. The normalized spacial score (nSPS) is 10.5. The number of methoxy groups -OCH3 is 1. The molecule has 0 unspecified atom stereocenters. The van der Waals surface area contributed by atoms with Gasteiger partial charge in [0.1, 0.15) is 16.4 Å². The highest BCUT2D eigenvalue weighted by Crippen LogP contribution is 2.23. The van der Waals surface area contributed by atoms with Crippen LogP contribution in [0.15, 0.2) is 42.6 Å². The SMILES string of the molecule is COc1cccc(C(=O)NCCCNc2nsc3ncccc23)c1. The van der Waals surface area contributed by atoms with E-state index in [1.807, 2.05) is 18.2 Å². The first-order valence-corrected chi connectivity index (χ1v) is 8.42. The Morgan fingerprint density at radius 3 is 3.04 bits per heavy atom. The molecule has 0 bridgehead atoms. The molecule has 6 nitrogen and oxygen atoms in total. The Kier molecular flexibility index (Phi) is 5.22. The lowest BCUT2D eigenvalue weighted by Gasteiger charge is -2.07. The highest BCUT2D eigenvalue weighted by atomic mass is 32.1. The standard InChI is InChI=1S/C17H18N4O2S/c1-23-13-6-2-5-12(11-13)16(22)19-10-4-9-18-15-14-7-3-8-20-17(14)24-21-15/h2-3,5-8,11H,4,9-10H2,1H3,(H,18,21)(H,19,22). The lowest BCUT2D eigenvalue weighted by molar-refractivity contribution is 0.0953. The van der Waals surface area contributed by atoms with Crippen LogP contribution >= 0.6 is 11.5 Å². The first-order chi connectivity index (χ1) is 11.8. The molecule has 0 radical (unpaired) electrons. The van der Waals surface area contributed by atoms with Gasteiger partial charge in [-0.1, -0.05) is 6.07 Å². The van der Waals surface area contributed by atoms with Crippen molar-refractivity contribution in [2.75, 3.05) is 25.5 Å². The zero-order valence-electron chi connectivity index (χ0n) is 13.3. The lowest BCUT2D eigenvalue weighted by atomic mass is 10.2. The third-order valence-electron chi connectivity index (χ3n) is 3.51. The summed E-state index contributed by atoms with van der Waals surface area (Å²) in [4.78, 5) is 17.3. The fourth-order valence-electron chi connectivity index (χ4n) is 2.27. The first kappa shape index (κ1) is 16.2. The Labute approximate surface area is 144 Å². The van der Waals surface area contributed by atoms with Gasteiger partial charge in [0.15, 0.2) is 0 Å². The largest absolute Gasteiger partial charge is 0.497 e. The van der Waals surface area contributed by atoms with Crippen molar-refractivity contribution >= 4 is 33.5 Å². The summed E-state index contributed by atoms with van der Waals surface area (Å²) in [5.41, 5.74) is 0.596. The molecule has 3 aromatic rings. The summed E-state index contributed by atoms with van der Waals surface area (Å²) in [5, 5.41) is 7.22. The molecule has 0 saturated heterocycles. The van der Waals surface area contributed by atoms with E-state index < -0.39 is 0 Å². The second-order valence-electron chi connectivity index (χ2n) is 5.16. The lowest BCUT2D eigenvalue weighted by Crippen LogP contribution is -2.25. The average molecular weight is 342 g/mol. The Hall–Kier alpha value is -2.67. The van der Waals surface area contributed by atoms with E-state index in [9.17, 15) is 4.79 Å². The number of fused-ring (bicyclic) bond motifs is 1. The van der Waals surface area contributed by atoms with Gasteiger partial charge in [-0.2, -0.15) is 4.37 Å². The number of benzene rings is 1. The number of rotatable bonds is 7. The summed E-state index contributed by atoms with van der Waals surface area (Å²) in [5.74, 6) is 1.42. The number of nitrogens with one attached hydrogen (secondary N) is 2. The molecular weight excluding hydrogens is 324 g/mol. The minimum absolute atomic E-state index is 0.0998. The fourth-order valence-corrected chi connectivity index (χ4v) is 2.98. The molecule has 3 rings (SSSR count). The predicted octanol–water partition coefficient (Wildman–Crippen LogP) is 2.93. The van der Waals surface area contributed by atoms with Crippen molar-refractivity contribution in [2.45, 2.75) is 6.42 Å². The summed E-state index contributed by atoms with van der Waals surface area (Å²) >= 11 is 1.38. The van der Waals surface area contributed by atoms with Gasteiger partial charge in [-0.05, 0) is 48.3 Å². The van der Waals surface area contributed by atoms with Crippen molar-refractivity contribution in [3.8, 4) is 5.75 Å². The summed E-state index contributed by atoms with van der Waals surface area (Å²) in [6.07, 6.45) is 2.56. The number of amides is 1. The van der Waals surface area contributed by atoms with Gasteiger partial charge < -0.3 is 15.4 Å². The quantitative estimate of drug-likeness (QED) is 0.646. The average Bonchev–Trinajstić information content (AvgIpc) is 3.04. The fraction of sp³-hybridized carbons (Fsp3) is 0.235. The smallest absolute Gasteiger partial charge is 0.251 e. The van der Waals surface area contributed by atoms with E-state index in [0.717, 1.165) is 29.0 Å². The van der Waals surface area contributed by atoms with Gasteiger partial charge in [0, 0.05) is 24.8 Å². The van der Waals surface area contributed by atoms with Crippen molar-refractivity contribution < 1.29 is 9.53 Å². The van der Waals surface area contributed by atoms with Crippen LogP contribution in [0.5, 0.6) is 5.75 Å². The van der Waals surface area contributed by atoms with Crippen molar-refractivity contribution in [1.29, 1.82) is 0 Å². The molecule has 0 fully saturated rings. The predicted molar refractivity (Wildman–Crippen MR) is 95.8 cm³/mol. The van der Waals surface area contributed by atoms with Gasteiger partial charge in [0.25, 0.3) is 5.91 Å². The third kappa shape index (κ3) is 3.80. The monoisotopic (exact) mass is 342 g/mol. The molecular formula is C17H18N4O2S. The molecule has 7 heteroatoms. The Balaban J connectivity index is 1.44. The van der Waals surface area contributed by atoms with E-state index in [2.05, 4.69) is 20.0 Å². The van der Waals surface area contributed by atoms with Crippen molar-refractivity contribution in [1.82, 2.24) is 14.7 Å². The third-order valence-corrected chi connectivity index (χ3v) is 4.29. The highest BCUT2D eigenvalue weighted by Gasteiger charge is 2.07. The molecule has 2 N–H and O–H groups in total. The number of nitrogens with zero attached hydrogens (tertiary/aromatic N) is 2. The number of hydrogen-bond donors (Lipinski definition) is 2. The summed E-state index contributed by atoms with van der Waals surface area (Å²) in [6.45, 7) is 1.31. The minimum Gasteiger partial charge on any atom is -0.497 e. The first-order valence-electron chi connectivity index (χ1n) is 7.64. The van der Waals surface area contributed by atoms with Gasteiger partial charge in [-0.3, -0.25) is 4.79 Å². The van der Waals surface area contributed by atoms with Crippen LogP contribution in [0.4, 0.5) is 5.82 Å². The molecule has 0 aliphatic carbocycles. The van der Waals surface area contributed by atoms with E-state index in [1.54, 1.807) is 31.5 Å². The summed E-state index contributed by atoms with van der Waals surface area (Å²) < 4.78 is 9.49. The Bertz CT molecular complexity index is 834. The number of carbonyl (C=O) groups excluding carboxylic acids is 1. The van der Waals surface area contributed by atoms with E-state index >= 15 is 0 Å². The van der Waals surface area contributed by atoms with Crippen LogP contribution < -0.4 is 15.4 Å². The van der Waals surface area contributed by atoms with Crippen LogP contribution in [-0.4, -0.2) is 35.5 Å². The van der Waals surface area contributed by atoms with Gasteiger partial charge >= 0.3 is 0 Å². The number of pyridine rings is 1. The second-order valence-corrected chi connectivity index (χ2v) is 5.91. The van der Waals surface area contributed by atoms with E-state index in [0.29, 0.717) is 17.9 Å². The number of hydrogen-bond acceptors (Lipinski definition) is 6. The van der Waals surface area contributed by atoms with Gasteiger partial charge in [0.2, 0.25) is 0 Å². The van der Waals surface area contributed by atoms with Crippen molar-refractivity contribution in [3.63, 3.8) is 0 Å². The van der Waals surface area contributed by atoms with Crippen LogP contribution in [0.2, 0.25) is 0 Å². The maximum absolute atomic E-state index is 12.1. The van der Waals surface area contributed by atoms with E-state index in [1.165, 1.54) is 11.5 Å². The molecule has 124 valence electrons. The van der Waals surface area contributed by atoms with Crippen LogP contribution in [0.25, 0.3) is 10.2 Å². The van der Waals surface area contributed by atoms with Crippen LogP contribution in [0, 0.1) is 0 Å². The van der Waals surface area contributed by atoms with E-state index in [-0.39, 0.29) is 5.91 Å². The molecule has 0 aliphatic heterocycles. The molecule has 24 heavy (non-hydrogen) atoms. The van der Waals surface area contributed by atoms with E-state index in [4.69, 9.17) is 4.74 Å². The molecule has 0 atom stereocenters. The molecule has 2 heterocycles. The Morgan fingerprint density at radius 1 is 1.25 bits per heavy atom. The molecule has 0 spiro atoms. The highest BCUT2D eigenvalue weighted by molar-refractivity contribution is 7.13. The molecule has 1 aromatic carbocycles. The topological polar surface area (TPSA) is 76.1 Å². The van der Waals surface area contributed by atoms with Gasteiger partial charge in [0.05, 0.1) is 12.5 Å². The Morgan fingerprint density at radius 2 is 2.17 bits per heavy atom. The molecule has 0 saturated carbocycles. The number of anilines is 1. The van der Waals surface area contributed by atoms with Crippen molar-refractivity contribution in [2.24, 2.45) is 0 Å². The molecule has 1 amide bonds. The second kappa shape index (κ2) is 7.74. The number of carbonyl (C=O) groups is 1. The summed E-state index contributed by atoms with van der Waals surface area (Å²) in [7, 11) is 1.58. The van der Waals surface area contributed by atoms with Gasteiger partial charge in [-0.25, -0.2) is 4.98 Å². The zero-order chi connectivity index (χ0) is 16.8. The number of aromatic nitrogens is 2. The summed E-state index contributed by atoms with van der Waals surface area (Å²) in [6, 6.07) is 11.0. The number of ether oxygens (including phenoxy) is 1. The maximum Gasteiger partial charge on any atom is 0.251 e. The van der Waals surface area contributed by atoms with Crippen molar-refractivity contribution in [3.05, 3.63) is 48.2 Å². The molecule has 2 aromatic heterocycles. The minimum atomic E-state index is -0.0998. The maximum atomic E-state index is 12.1. The van der Waals surface area contributed by atoms with Crippen LogP contribution in [0.3, 0.4) is 0 Å². The van der Waals surface area contributed by atoms with Gasteiger partial charge in [-0.15, -0.1) is 0 Å². The van der Waals surface area contributed by atoms with Crippen LogP contribution in [0.1, 0.15) is 16.8 Å². The van der Waals surface area contributed by atoms with Crippen LogP contribution in [-0.2, 0) is 0 Å². The molecule has 0 aliphatic rings.